The Labute approximate surface area is 617 Å². The molecule has 0 aromatic rings. The molecule has 0 aliphatic heterocycles. The molecule has 0 atom stereocenters. The van der Waals surface area contributed by atoms with E-state index in [-0.39, 0.29) is 207 Å². The van der Waals surface area contributed by atoms with Gasteiger partial charge in [0.15, 0.2) is 0 Å². The predicted molar refractivity (Wildman–Crippen MR) is 403 cm³/mol. The van der Waals surface area contributed by atoms with Crippen LogP contribution < -0.4 is 110 Å². The number of hydrogen-bond acceptors (Lipinski definition) is 28. The van der Waals surface area contributed by atoms with Crippen LogP contribution in [-0.4, -0.2) is 360 Å². The van der Waals surface area contributed by atoms with Crippen LogP contribution in [0, 0.1) is 0 Å². The Bertz CT molecular complexity index is 2210. The highest BCUT2D eigenvalue weighted by atomic mass is 33.1. The molecule has 40 heteroatoms. The van der Waals surface area contributed by atoms with Crippen molar-refractivity contribution in [1.82, 2.24) is 93.2 Å². The number of rotatable bonds is 70. The van der Waals surface area contributed by atoms with Gasteiger partial charge in [-0.25, -0.2) is 0 Å². The molecule has 0 bridgehead atoms. The number of hydrogen-bond donors (Lipinski definition) is 20. The Kier molecular flexibility index (Phi) is 63.6. The van der Waals surface area contributed by atoms with Crippen LogP contribution in [0.1, 0.15) is 70.6 Å². The molecular formula is C63H130N26O12S2. The smallest absolute Gasteiger partial charge is 0.234 e. The third-order valence-corrected chi connectivity index (χ3v) is 17.7. The summed E-state index contributed by atoms with van der Waals surface area (Å²) in [4.78, 5) is 165. The second-order valence-electron chi connectivity index (χ2n) is 23.9. The van der Waals surface area contributed by atoms with Gasteiger partial charge >= 0.3 is 0 Å². The maximum absolute atomic E-state index is 13.5. The van der Waals surface area contributed by atoms with Crippen molar-refractivity contribution in [1.29, 1.82) is 0 Å². The third kappa shape index (κ3) is 60.7. The summed E-state index contributed by atoms with van der Waals surface area (Å²) in [6.07, 6.45) is 1.51. The molecule has 0 aromatic heterocycles. The minimum Gasteiger partial charge on any atom is -0.355 e. The molecule has 0 aliphatic carbocycles. The molecule has 38 nitrogen and oxygen atoms in total. The Morgan fingerprint density at radius 2 is 0.330 bits per heavy atom. The molecule has 0 saturated carbocycles. The van der Waals surface area contributed by atoms with Gasteiger partial charge in [0.1, 0.15) is 0 Å². The highest BCUT2D eigenvalue weighted by Gasteiger charge is 2.20. The molecule has 0 rings (SSSR count). The molecule has 0 spiro atoms. The van der Waals surface area contributed by atoms with E-state index in [1.807, 2.05) is 24.5 Å². The first kappa shape index (κ1) is 96.8. The Morgan fingerprint density at radius 3 is 0.515 bits per heavy atom. The summed E-state index contributed by atoms with van der Waals surface area (Å²) in [5, 5.41) is 33.7. The quantitative estimate of drug-likeness (QED) is 0.0199. The molecule has 596 valence electrons. The van der Waals surface area contributed by atoms with Crippen LogP contribution in [0.15, 0.2) is 0 Å². The largest absolute Gasteiger partial charge is 0.355 e. The number of nitrogens with one attached hydrogen (secondary N) is 12. The van der Waals surface area contributed by atoms with Crippen molar-refractivity contribution >= 4 is 92.5 Å². The second kappa shape index (κ2) is 67.6. The van der Waals surface area contributed by atoms with Gasteiger partial charge < -0.3 is 134 Å². The lowest BCUT2D eigenvalue weighted by Gasteiger charge is -2.24. The number of carbonyl (C=O) groups excluding carboxylic acids is 12. The minimum atomic E-state index is -0.274. The molecule has 0 saturated heterocycles. The maximum Gasteiger partial charge on any atom is 0.234 e. The summed E-state index contributed by atoms with van der Waals surface area (Å²) in [6.45, 7) is 11.7. The molecule has 0 radical (unpaired) electrons. The number of carbonyl (C=O) groups is 12. The van der Waals surface area contributed by atoms with E-state index in [4.69, 9.17) is 45.9 Å². The lowest BCUT2D eigenvalue weighted by atomic mass is 10.3. The Morgan fingerprint density at radius 1 is 0.184 bits per heavy atom. The zero-order chi connectivity index (χ0) is 76.4. The fourth-order valence-corrected chi connectivity index (χ4v) is 11.6. The first-order valence-electron chi connectivity index (χ1n) is 36.1. The highest BCUT2D eigenvalue weighted by molar-refractivity contribution is 8.76. The predicted octanol–water partition coefficient (Wildman–Crippen LogP) is -10.5. The normalized spacial score (nSPS) is 11.2. The molecule has 103 heavy (non-hydrogen) atoms. The van der Waals surface area contributed by atoms with Crippen LogP contribution in [0.4, 0.5) is 0 Å². The standard InChI is InChI=1S/C63H130N26O12S2/c64-12-20-72-52(90)1-32-84(33-2-53(91)73-21-13-65)43-28-80-59(97)7-38-87(39-8-60(98)81-29-44-85(34-3-54(92)74-22-14-66)35-4-55(93)75-23-15-67)47-49-102-103-50-48-88(41-10-62(100)83-31-46-89(51-63(101)79-27-19-71)42-11-58(96)78-26-18-70)40-9-61(99)82-30-45-86(36-5-56(94)76-24-16-68)37-6-57(95)77-25-17-69/h1-51,64-71H2,(H,72,90)(H,73,91)(H,74,92)(H,75,93)(H,76,94)(H,77,95)(H,78,96)(H,79,101)(H,80,97)(H,81,98)(H,82,99)(H,83,100). The van der Waals surface area contributed by atoms with Gasteiger partial charge in [-0.2, -0.15) is 0 Å². The number of nitrogens with two attached hydrogens (primary N) is 8. The fraction of sp³-hybridized carbons (Fsp3) is 0.810. The Hall–Kier alpha value is -6.22. The summed E-state index contributed by atoms with van der Waals surface area (Å²) >= 11 is 0. The zero-order valence-electron chi connectivity index (χ0n) is 61.1. The number of nitrogens with zero attached hydrogens (tertiary/aromatic N) is 6. The fourth-order valence-electron chi connectivity index (χ4n) is 9.59. The summed E-state index contributed by atoms with van der Waals surface area (Å²) in [7, 11) is 3.17. The van der Waals surface area contributed by atoms with E-state index in [9.17, 15) is 57.5 Å². The van der Waals surface area contributed by atoms with E-state index >= 15 is 0 Å². The van der Waals surface area contributed by atoms with Crippen molar-refractivity contribution in [2.24, 2.45) is 45.9 Å². The maximum atomic E-state index is 13.5. The molecule has 0 aromatic carbocycles. The van der Waals surface area contributed by atoms with Gasteiger partial charge in [-0.05, 0) is 0 Å². The topological polar surface area (TPSA) is 577 Å². The molecule has 28 N–H and O–H groups in total. The van der Waals surface area contributed by atoms with Crippen LogP contribution in [0.25, 0.3) is 0 Å². The van der Waals surface area contributed by atoms with Crippen molar-refractivity contribution in [3.05, 3.63) is 0 Å². The van der Waals surface area contributed by atoms with Crippen LogP contribution in [0.5, 0.6) is 0 Å². The molecule has 12 amide bonds. The molecule has 0 unspecified atom stereocenters. The highest BCUT2D eigenvalue weighted by Crippen LogP contribution is 2.21. The number of amides is 12. The average Bonchev–Trinajstić information content (AvgIpc) is 1.10. The van der Waals surface area contributed by atoms with Crippen LogP contribution in [0.3, 0.4) is 0 Å². The summed E-state index contributed by atoms with van der Waals surface area (Å²) in [5.74, 6) is -1.39. The molecular weight excluding hydrogens is 1380 g/mol. The Balaban J connectivity index is 6.37. The van der Waals surface area contributed by atoms with Crippen molar-refractivity contribution in [2.45, 2.75) is 70.6 Å². The van der Waals surface area contributed by atoms with Gasteiger partial charge in [-0.3, -0.25) is 62.4 Å². The molecule has 0 aliphatic rings. The van der Waals surface area contributed by atoms with Gasteiger partial charge in [-0.1, -0.05) is 21.6 Å². The van der Waals surface area contributed by atoms with Gasteiger partial charge in [-0.15, -0.1) is 0 Å². The van der Waals surface area contributed by atoms with E-state index in [0.717, 1.165) is 0 Å². The van der Waals surface area contributed by atoms with E-state index in [0.29, 0.717) is 195 Å². The van der Waals surface area contributed by atoms with Crippen molar-refractivity contribution < 1.29 is 57.5 Å². The van der Waals surface area contributed by atoms with Gasteiger partial charge in [0.2, 0.25) is 70.9 Å². The van der Waals surface area contributed by atoms with Crippen LogP contribution in [0.2, 0.25) is 0 Å². The van der Waals surface area contributed by atoms with Crippen molar-refractivity contribution in [3.8, 4) is 0 Å². The lowest BCUT2D eigenvalue weighted by Crippen LogP contribution is -2.44. The molecule has 0 fully saturated rings. The molecule has 0 heterocycles. The summed E-state index contributed by atoms with van der Waals surface area (Å²) in [6, 6.07) is 0. The third-order valence-electron chi connectivity index (χ3n) is 15.4. The minimum absolute atomic E-state index is 0.0132. The van der Waals surface area contributed by atoms with Gasteiger partial charge in [0.05, 0.1) is 6.54 Å². The summed E-state index contributed by atoms with van der Waals surface area (Å²) < 4.78 is 0. The lowest BCUT2D eigenvalue weighted by molar-refractivity contribution is -0.124. The first-order chi connectivity index (χ1) is 49.7. The van der Waals surface area contributed by atoms with E-state index in [1.165, 1.54) is 0 Å². The van der Waals surface area contributed by atoms with Crippen LogP contribution in [-0.2, 0) is 57.5 Å². The summed E-state index contributed by atoms with van der Waals surface area (Å²) in [5.41, 5.74) is 44.4. The van der Waals surface area contributed by atoms with E-state index < -0.39 is 0 Å². The van der Waals surface area contributed by atoms with Crippen molar-refractivity contribution in [3.63, 3.8) is 0 Å². The first-order valence-corrected chi connectivity index (χ1v) is 38.6. The average molecular weight is 1510 g/mol. The van der Waals surface area contributed by atoms with E-state index in [1.54, 1.807) is 26.5 Å². The van der Waals surface area contributed by atoms with Gasteiger partial charge in [0, 0.05) is 324 Å². The monoisotopic (exact) mass is 1510 g/mol. The SMILES string of the molecule is NCCNC(=O)CCN(CCNC(=O)CCN(CCSSCCN(CCC(=O)NCCN(CCC(=O)NCCN)CCC(=O)NCCN)CCC(=O)NCCN(CCC(=O)NCCN)CC(=O)NCCN)CCC(=O)NCCN(CCC(=O)NCCN)CCC(=O)NCCN)CCC(=O)NCCN. The van der Waals surface area contributed by atoms with Gasteiger partial charge in [0.25, 0.3) is 0 Å². The zero-order valence-corrected chi connectivity index (χ0v) is 62.7. The van der Waals surface area contributed by atoms with Crippen LogP contribution >= 0.6 is 21.6 Å². The van der Waals surface area contributed by atoms with E-state index in [2.05, 4.69) is 63.8 Å². The van der Waals surface area contributed by atoms with Crippen molar-refractivity contribution in [2.75, 3.05) is 260 Å². The second-order valence-corrected chi connectivity index (χ2v) is 26.6.